The molecule has 2 aliphatic rings. The van der Waals surface area contributed by atoms with Crippen molar-refractivity contribution in [2.24, 2.45) is 10.9 Å². The maximum atomic E-state index is 12.6. The molecule has 172 valence electrons. The molecule has 2 rings (SSSR count). The molecule has 1 unspecified atom stereocenters. The van der Waals surface area contributed by atoms with Gasteiger partial charge in [-0.15, -0.1) is 24.0 Å². The molecule has 13 heteroatoms. The van der Waals surface area contributed by atoms with E-state index in [0.717, 1.165) is 32.8 Å². The Kier molecular flexibility index (Phi) is 10.9. The van der Waals surface area contributed by atoms with E-state index < -0.39 is 15.5 Å². The van der Waals surface area contributed by atoms with Gasteiger partial charge in [-0.1, -0.05) is 6.92 Å². The van der Waals surface area contributed by atoms with Gasteiger partial charge in [-0.3, -0.25) is 9.89 Å². The summed E-state index contributed by atoms with van der Waals surface area (Å²) in [5, 5.41) is 6.42. The van der Waals surface area contributed by atoms with Crippen molar-refractivity contribution < 1.29 is 26.3 Å². The Hall–Kier alpha value is -0.380. The van der Waals surface area contributed by atoms with E-state index in [1.807, 2.05) is 0 Å². The molecule has 2 aliphatic heterocycles. The van der Waals surface area contributed by atoms with E-state index in [1.54, 1.807) is 7.05 Å². The molecule has 0 spiro atoms. The SMILES string of the molecule is CN=C(NCC(C)CN1CCOCC1)NC1CCN(S(=O)(=O)C(F)(F)F)CC1.I. The lowest BCUT2D eigenvalue weighted by molar-refractivity contribution is -0.0494. The van der Waals surface area contributed by atoms with Crippen molar-refractivity contribution in [2.45, 2.75) is 31.3 Å². The van der Waals surface area contributed by atoms with Crippen molar-refractivity contribution >= 4 is 40.0 Å². The highest BCUT2D eigenvalue weighted by Gasteiger charge is 2.50. The Bertz CT molecular complexity index is 622. The number of halogens is 4. The fourth-order valence-electron chi connectivity index (χ4n) is 3.33. The number of guanidine groups is 1. The Morgan fingerprint density at radius 2 is 1.79 bits per heavy atom. The minimum absolute atomic E-state index is 0. The van der Waals surface area contributed by atoms with Crippen molar-refractivity contribution in [3.63, 3.8) is 0 Å². The topological polar surface area (TPSA) is 86.3 Å². The number of hydrogen-bond acceptors (Lipinski definition) is 5. The molecule has 0 amide bonds. The van der Waals surface area contributed by atoms with Crippen LogP contribution in [0.1, 0.15) is 19.8 Å². The van der Waals surface area contributed by atoms with Crippen molar-refractivity contribution in [3.8, 4) is 0 Å². The highest BCUT2D eigenvalue weighted by Crippen LogP contribution is 2.28. The number of sulfonamides is 1. The van der Waals surface area contributed by atoms with Crippen LogP contribution < -0.4 is 10.6 Å². The van der Waals surface area contributed by atoms with Gasteiger partial charge in [-0.05, 0) is 18.8 Å². The molecule has 1 atom stereocenters. The molecule has 29 heavy (non-hydrogen) atoms. The lowest BCUT2D eigenvalue weighted by atomic mass is 10.1. The second-order valence-electron chi connectivity index (χ2n) is 7.24. The summed E-state index contributed by atoms with van der Waals surface area (Å²) in [6.07, 6.45) is 0.582. The average molecular weight is 557 g/mol. The lowest BCUT2D eigenvalue weighted by Gasteiger charge is -2.33. The molecular formula is C16H31F3IN5O3S. The second-order valence-corrected chi connectivity index (χ2v) is 9.17. The number of alkyl halides is 3. The van der Waals surface area contributed by atoms with Crippen molar-refractivity contribution in [1.29, 1.82) is 0 Å². The van der Waals surface area contributed by atoms with E-state index in [-0.39, 0.29) is 43.1 Å². The summed E-state index contributed by atoms with van der Waals surface area (Å²) in [6, 6.07) is -0.125. The van der Waals surface area contributed by atoms with Crippen LogP contribution in [0.25, 0.3) is 0 Å². The number of morpholine rings is 1. The number of rotatable bonds is 6. The Labute approximate surface area is 187 Å². The first-order chi connectivity index (χ1) is 13.1. The van der Waals surface area contributed by atoms with Crippen LogP contribution in [-0.2, 0) is 14.8 Å². The Balaban J connectivity index is 0.00000420. The predicted molar refractivity (Wildman–Crippen MR) is 116 cm³/mol. The lowest BCUT2D eigenvalue weighted by Crippen LogP contribution is -2.52. The summed E-state index contributed by atoms with van der Waals surface area (Å²) in [5.41, 5.74) is -5.25. The minimum atomic E-state index is -5.25. The average Bonchev–Trinajstić information content (AvgIpc) is 2.65. The van der Waals surface area contributed by atoms with Gasteiger partial charge in [0, 0.05) is 52.4 Å². The molecule has 2 N–H and O–H groups in total. The molecule has 0 aromatic heterocycles. The van der Waals surface area contributed by atoms with Crippen LogP contribution in [0.4, 0.5) is 13.2 Å². The van der Waals surface area contributed by atoms with Gasteiger partial charge in [-0.25, -0.2) is 8.42 Å². The largest absolute Gasteiger partial charge is 0.511 e. The van der Waals surface area contributed by atoms with Crippen LogP contribution in [0, 0.1) is 5.92 Å². The van der Waals surface area contributed by atoms with Gasteiger partial charge in [0.05, 0.1) is 13.2 Å². The van der Waals surface area contributed by atoms with E-state index in [1.165, 1.54) is 0 Å². The number of piperidine rings is 1. The molecule has 0 aromatic rings. The van der Waals surface area contributed by atoms with E-state index in [2.05, 4.69) is 27.4 Å². The van der Waals surface area contributed by atoms with Crippen molar-refractivity contribution in [1.82, 2.24) is 19.8 Å². The maximum Gasteiger partial charge on any atom is 0.511 e. The summed E-state index contributed by atoms with van der Waals surface area (Å²) >= 11 is 0. The highest BCUT2D eigenvalue weighted by atomic mass is 127. The highest BCUT2D eigenvalue weighted by molar-refractivity contribution is 14.0. The summed E-state index contributed by atoms with van der Waals surface area (Å²) in [7, 11) is -3.62. The maximum absolute atomic E-state index is 12.6. The summed E-state index contributed by atoms with van der Waals surface area (Å²) in [5.74, 6) is 0.960. The fraction of sp³-hybridized carbons (Fsp3) is 0.938. The first-order valence-electron chi connectivity index (χ1n) is 9.47. The van der Waals surface area contributed by atoms with Gasteiger partial charge < -0.3 is 15.4 Å². The zero-order chi connectivity index (χ0) is 20.8. The van der Waals surface area contributed by atoms with Crippen LogP contribution >= 0.6 is 24.0 Å². The van der Waals surface area contributed by atoms with E-state index >= 15 is 0 Å². The molecule has 0 aliphatic carbocycles. The predicted octanol–water partition coefficient (Wildman–Crippen LogP) is 1.05. The zero-order valence-electron chi connectivity index (χ0n) is 16.7. The fourth-order valence-corrected chi connectivity index (χ4v) is 4.32. The molecule has 2 heterocycles. The molecule has 0 bridgehead atoms. The Morgan fingerprint density at radius 3 is 2.31 bits per heavy atom. The molecule has 8 nitrogen and oxygen atoms in total. The number of nitrogens with one attached hydrogen (secondary N) is 2. The van der Waals surface area contributed by atoms with E-state index in [0.29, 0.717) is 35.6 Å². The van der Waals surface area contributed by atoms with Crippen molar-refractivity contribution in [2.75, 3.05) is 59.5 Å². The number of nitrogens with zero attached hydrogens (tertiary/aromatic N) is 3. The third kappa shape index (κ3) is 7.99. The van der Waals surface area contributed by atoms with Gasteiger partial charge >= 0.3 is 15.5 Å². The van der Waals surface area contributed by atoms with Gasteiger partial charge in [-0.2, -0.15) is 17.5 Å². The summed E-state index contributed by atoms with van der Waals surface area (Å²) in [4.78, 5) is 6.51. The number of aliphatic imine (C=N–C) groups is 1. The van der Waals surface area contributed by atoms with Gasteiger partial charge in [0.15, 0.2) is 5.96 Å². The van der Waals surface area contributed by atoms with Gasteiger partial charge in [0.1, 0.15) is 0 Å². The zero-order valence-corrected chi connectivity index (χ0v) is 19.9. The molecule has 2 fully saturated rings. The van der Waals surface area contributed by atoms with Crippen LogP contribution in [0.5, 0.6) is 0 Å². The van der Waals surface area contributed by atoms with Crippen LogP contribution in [0.3, 0.4) is 0 Å². The van der Waals surface area contributed by atoms with Gasteiger partial charge in [0.2, 0.25) is 0 Å². The van der Waals surface area contributed by atoms with Crippen molar-refractivity contribution in [3.05, 3.63) is 0 Å². The molecule has 0 aromatic carbocycles. The quantitative estimate of drug-likeness (QED) is 0.289. The minimum Gasteiger partial charge on any atom is -0.379 e. The van der Waals surface area contributed by atoms with Crippen LogP contribution in [0.15, 0.2) is 4.99 Å². The first kappa shape index (κ1) is 26.7. The third-order valence-electron chi connectivity index (χ3n) is 4.94. The summed E-state index contributed by atoms with van der Waals surface area (Å²) < 4.78 is 66.7. The second kappa shape index (κ2) is 11.9. The van der Waals surface area contributed by atoms with Crippen LogP contribution in [-0.4, -0.2) is 94.7 Å². The molecule has 2 saturated heterocycles. The normalized spacial score (nSPS) is 22.0. The monoisotopic (exact) mass is 557 g/mol. The Morgan fingerprint density at radius 1 is 1.21 bits per heavy atom. The molecule has 0 radical (unpaired) electrons. The first-order valence-corrected chi connectivity index (χ1v) is 10.9. The standard InChI is InChI=1S/C16H30F3N5O3S.HI/c1-13(12-23-7-9-27-10-8-23)11-21-15(20-2)22-14-3-5-24(6-4-14)28(25,26)16(17,18)19;/h13-14H,3-12H2,1-2H3,(H2,20,21,22);1H. The molecular weight excluding hydrogens is 526 g/mol. The van der Waals surface area contributed by atoms with Crippen LogP contribution in [0.2, 0.25) is 0 Å². The third-order valence-corrected chi connectivity index (χ3v) is 6.57. The van der Waals surface area contributed by atoms with Gasteiger partial charge in [0.25, 0.3) is 0 Å². The number of hydrogen-bond donors (Lipinski definition) is 2. The smallest absolute Gasteiger partial charge is 0.379 e. The summed E-state index contributed by atoms with van der Waals surface area (Å²) in [6.45, 7) is 6.83. The molecule has 0 saturated carbocycles. The van der Waals surface area contributed by atoms with E-state index in [4.69, 9.17) is 4.74 Å². The number of ether oxygens (including phenoxy) is 1. The van der Waals surface area contributed by atoms with E-state index in [9.17, 15) is 21.6 Å².